The molecule has 1 rings (SSSR count). The summed E-state index contributed by atoms with van der Waals surface area (Å²) in [6.45, 7) is 2.92. The van der Waals surface area contributed by atoms with Crippen LogP contribution in [0.4, 0.5) is 0 Å². The molecule has 0 fully saturated rings. The van der Waals surface area contributed by atoms with Crippen LogP contribution in [0.15, 0.2) is 28.7 Å². The minimum absolute atomic E-state index is 0.182. The highest BCUT2D eigenvalue weighted by atomic mass is 79.9. The number of benzene rings is 1. The Kier molecular flexibility index (Phi) is 6.03. The van der Waals surface area contributed by atoms with Crippen LogP contribution < -0.4 is 5.73 Å². The molecule has 0 bridgehead atoms. The van der Waals surface area contributed by atoms with Crippen molar-refractivity contribution in [2.45, 2.75) is 25.7 Å². The van der Waals surface area contributed by atoms with Gasteiger partial charge in [0.1, 0.15) is 0 Å². The van der Waals surface area contributed by atoms with E-state index in [1.165, 1.54) is 5.56 Å². The van der Waals surface area contributed by atoms with Gasteiger partial charge in [-0.25, -0.2) is 0 Å². The van der Waals surface area contributed by atoms with Crippen molar-refractivity contribution in [3.05, 3.63) is 34.3 Å². The molecule has 0 aliphatic heterocycles. The second-order valence-corrected chi connectivity index (χ2v) is 5.10. The largest absolute Gasteiger partial charge is 0.396 e. The van der Waals surface area contributed by atoms with E-state index in [0.717, 1.165) is 17.3 Å². The molecule has 1 aromatic rings. The van der Waals surface area contributed by atoms with Gasteiger partial charge in [-0.15, -0.1) is 0 Å². The number of hydrogen-bond donors (Lipinski definition) is 2. The number of aliphatic hydroxyl groups excluding tert-OH is 1. The molecule has 2 unspecified atom stereocenters. The highest BCUT2D eigenvalue weighted by Gasteiger charge is 2.15. The molecule has 1 aromatic carbocycles. The zero-order valence-electron chi connectivity index (χ0n) is 9.70. The van der Waals surface area contributed by atoms with Gasteiger partial charge in [0.05, 0.1) is 0 Å². The second-order valence-electron chi connectivity index (χ2n) is 4.18. The minimum atomic E-state index is 0.182. The first-order valence-corrected chi connectivity index (χ1v) is 6.56. The van der Waals surface area contributed by atoms with Gasteiger partial charge in [-0.2, -0.15) is 0 Å². The van der Waals surface area contributed by atoms with Gasteiger partial charge in [-0.05, 0) is 48.9 Å². The fraction of sp³-hybridized carbons (Fsp3) is 0.538. The Bertz CT molecular complexity index is 313. The maximum Gasteiger partial charge on any atom is 0.0471 e. The van der Waals surface area contributed by atoms with Gasteiger partial charge in [0.15, 0.2) is 0 Å². The van der Waals surface area contributed by atoms with Crippen molar-refractivity contribution in [2.75, 3.05) is 13.2 Å². The monoisotopic (exact) mass is 285 g/mol. The zero-order chi connectivity index (χ0) is 12.0. The maximum atomic E-state index is 9.18. The summed E-state index contributed by atoms with van der Waals surface area (Å²) in [4.78, 5) is 0. The van der Waals surface area contributed by atoms with Crippen LogP contribution in [-0.4, -0.2) is 18.3 Å². The van der Waals surface area contributed by atoms with E-state index in [0.29, 0.717) is 12.5 Å². The number of rotatable bonds is 6. The summed E-state index contributed by atoms with van der Waals surface area (Å²) < 4.78 is 1.11. The fourth-order valence-corrected chi connectivity index (χ4v) is 2.36. The summed E-state index contributed by atoms with van der Waals surface area (Å²) in [5.41, 5.74) is 6.95. The molecule has 90 valence electrons. The molecule has 0 aromatic heterocycles. The first-order chi connectivity index (χ1) is 7.71. The maximum absolute atomic E-state index is 9.18. The number of hydrogen-bond acceptors (Lipinski definition) is 2. The highest BCUT2D eigenvalue weighted by Crippen LogP contribution is 2.28. The Balaban J connectivity index is 2.74. The third kappa shape index (κ3) is 3.89. The van der Waals surface area contributed by atoms with Crippen LogP contribution in [-0.2, 0) is 0 Å². The molecule has 0 saturated heterocycles. The zero-order valence-corrected chi connectivity index (χ0v) is 11.3. The van der Waals surface area contributed by atoms with Crippen LogP contribution in [0.5, 0.6) is 0 Å². The Hall–Kier alpha value is -0.380. The van der Waals surface area contributed by atoms with Gasteiger partial charge in [-0.1, -0.05) is 35.0 Å². The molecule has 3 N–H and O–H groups in total. The van der Waals surface area contributed by atoms with Gasteiger partial charge in [-0.3, -0.25) is 0 Å². The number of aliphatic hydroxyl groups is 1. The van der Waals surface area contributed by atoms with Gasteiger partial charge in [0.25, 0.3) is 0 Å². The molecule has 3 heteroatoms. The average Bonchev–Trinajstić information content (AvgIpc) is 2.31. The van der Waals surface area contributed by atoms with Crippen LogP contribution >= 0.6 is 15.9 Å². The normalized spacial score (nSPS) is 14.8. The highest BCUT2D eigenvalue weighted by molar-refractivity contribution is 9.10. The Morgan fingerprint density at radius 3 is 2.69 bits per heavy atom. The lowest BCUT2D eigenvalue weighted by molar-refractivity contribution is 0.214. The molecule has 0 spiro atoms. The number of halogens is 1. The van der Waals surface area contributed by atoms with Crippen LogP contribution in [0.3, 0.4) is 0 Å². The smallest absolute Gasteiger partial charge is 0.0471 e. The summed E-state index contributed by atoms with van der Waals surface area (Å²) >= 11 is 3.49. The molecule has 16 heavy (non-hydrogen) atoms. The Labute approximate surface area is 106 Å². The molecule has 0 heterocycles. The van der Waals surface area contributed by atoms with E-state index in [2.05, 4.69) is 41.1 Å². The summed E-state index contributed by atoms with van der Waals surface area (Å²) in [7, 11) is 0. The third-order valence-electron chi connectivity index (χ3n) is 3.02. The van der Waals surface area contributed by atoms with Crippen molar-refractivity contribution in [2.24, 2.45) is 11.7 Å². The van der Waals surface area contributed by atoms with Crippen LogP contribution in [0.1, 0.15) is 31.2 Å². The molecular formula is C13H20BrNO. The summed E-state index contributed by atoms with van der Waals surface area (Å²) in [6.07, 6.45) is 2.03. The topological polar surface area (TPSA) is 46.2 Å². The van der Waals surface area contributed by atoms with E-state index in [9.17, 15) is 5.11 Å². The van der Waals surface area contributed by atoms with E-state index in [-0.39, 0.29) is 12.5 Å². The summed E-state index contributed by atoms with van der Waals surface area (Å²) in [6, 6.07) is 8.38. The van der Waals surface area contributed by atoms with Gasteiger partial charge < -0.3 is 10.8 Å². The van der Waals surface area contributed by atoms with E-state index in [1.54, 1.807) is 0 Å². The molecule has 0 amide bonds. The molecule has 0 saturated carbocycles. The van der Waals surface area contributed by atoms with E-state index in [1.807, 2.05) is 6.07 Å². The molecule has 2 nitrogen and oxygen atoms in total. The number of nitrogens with two attached hydrogens (primary N) is 1. The van der Waals surface area contributed by atoms with Crippen molar-refractivity contribution in [3.63, 3.8) is 0 Å². The van der Waals surface area contributed by atoms with E-state index < -0.39 is 0 Å². The van der Waals surface area contributed by atoms with Crippen LogP contribution in [0.2, 0.25) is 0 Å². The second kappa shape index (κ2) is 7.05. The third-order valence-corrected chi connectivity index (χ3v) is 3.52. The summed E-state index contributed by atoms with van der Waals surface area (Å²) in [5, 5.41) is 9.18. The molecular weight excluding hydrogens is 266 g/mol. The van der Waals surface area contributed by atoms with E-state index in [4.69, 9.17) is 5.73 Å². The van der Waals surface area contributed by atoms with E-state index >= 15 is 0 Å². The lowest BCUT2D eigenvalue weighted by Gasteiger charge is -2.20. The van der Waals surface area contributed by atoms with Gasteiger partial charge >= 0.3 is 0 Å². The lowest BCUT2D eigenvalue weighted by atomic mass is 9.87. The quantitative estimate of drug-likeness (QED) is 0.844. The fourth-order valence-electron chi connectivity index (χ4n) is 1.95. The van der Waals surface area contributed by atoms with Crippen molar-refractivity contribution in [1.82, 2.24) is 0 Å². The average molecular weight is 286 g/mol. The predicted molar refractivity (Wildman–Crippen MR) is 71.4 cm³/mol. The molecule has 0 radical (unpaired) electrons. The first kappa shape index (κ1) is 13.7. The lowest BCUT2D eigenvalue weighted by Crippen LogP contribution is -2.20. The Morgan fingerprint density at radius 1 is 1.44 bits per heavy atom. The SMILES string of the molecule is CCC(CC(CN)CO)c1cccc(Br)c1. The van der Waals surface area contributed by atoms with Crippen LogP contribution in [0.25, 0.3) is 0 Å². The van der Waals surface area contributed by atoms with Crippen LogP contribution in [0, 0.1) is 5.92 Å². The predicted octanol–water partition coefficient (Wildman–Crippen LogP) is 2.90. The standard InChI is InChI=1S/C13H20BrNO/c1-2-11(6-10(8-15)9-16)12-4-3-5-13(14)7-12/h3-5,7,10-11,16H,2,6,8-9,15H2,1H3. The Morgan fingerprint density at radius 2 is 2.19 bits per heavy atom. The first-order valence-electron chi connectivity index (χ1n) is 5.77. The van der Waals surface area contributed by atoms with Crippen molar-refractivity contribution < 1.29 is 5.11 Å². The van der Waals surface area contributed by atoms with Crippen molar-refractivity contribution in [1.29, 1.82) is 0 Å². The molecule has 0 aliphatic rings. The van der Waals surface area contributed by atoms with Gasteiger partial charge in [0.2, 0.25) is 0 Å². The van der Waals surface area contributed by atoms with Gasteiger partial charge in [0, 0.05) is 11.1 Å². The minimum Gasteiger partial charge on any atom is -0.396 e. The summed E-state index contributed by atoms with van der Waals surface area (Å²) in [5.74, 6) is 0.696. The van der Waals surface area contributed by atoms with Crippen molar-refractivity contribution >= 4 is 15.9 Å². The molecule has 0 aliphatic carbocycles. The molecule has 2 atom stereocenters. The van der Waals surface area contributed by atoms with Crippen molar-refractivity contribution in [3.8, 4) is 0 Å².